The van der Waals surface area contributed by atoms with Crippen LogP contribution in [0.3, 0.4) is 0 Å². The van der Waals surface area contributed by atoms with E-state index < -0.39 is 17.7 Å². The maximum absolute atomic E-state index is 14.4. The van der Waals surface area contributed by atoms with Gasteiger partial charge < -0.3 is 14.6 Å². The summed E-state index contributed by atoms with van der Waals surface area (Å²) in [5.41, 5.74) is 2.28. The van der Waals surface area contributed by atoms with Gasteiger partial charge in [-0.2, -0.15) is 5.10 Å². The van der Waals surface area contributed by atoms with Crippen molar-refractivity contribution in [1.82, 2.24) is 14.7 Å². The van der Waals surface area contributed by atoms with E-state index in [1.54, 1.807) is 7.05 Å². The van der Waals surface area contributed by atoms with E-state index in [1.165, 1.54) is 10.7 Å². The molecule has 0 radical (unpaired) electrons. The third-order valence-corrected chi connectivity index (χ3v) is 5.12. The summed E-state index contributed by atoms with van der Waals surface area (Å²) in [6, 6.07) is 12.8. The van der Waals surface area contributed by atoms with Gasteiger partial charge in [-0.3, -0.25) is 4.90 Å². The van der Waals surface area contributed by atoms with Crippen molar-refractivity contribution in [3.8, 4) is 35.2 Å². The summed E-state index contributed by atoms with van der Waals surface area (Å²) in [6.45, 7) is 3.71. The molecule has 34 heavy (non-hydrogen) atoms. The second-order valence-corrected chi connectivity index (χ2v) is 7.91. The number of aliphatic hydroxyl groups is 1. The standard InChI is InChI=1S/C26H29F2N3O3/c1-4-13-31(16-21(32)18-33-14-5-2)17-22-25(19-9-7-6-8-10-19)29-30(3)26(22)34-24-12-11-20(27)15-23(24)28/h2,6-12,15,21,32H,4,13-14,16-18H2,1,3H3/t21-/m0/s1. The van der Waals surface area contributed by atoms with Crippen molar-refractivity contribution < 1.29 is 23.4 Å². The highest BCUT2D eigenvalue weighted by molar-refractivity contribution is 5.65. The zero-order valence-corrected chi connectivity index (χ0v) is 19.4. The predicted octanol–water partition coefficient (Wildman–Crippen LogP) is 4.38. The van der Waals surface area contributed by atoms with Crippen LogP contribution >= 0.6 is 0 Å². The number of aromatic nitrogens is 2. The van der Waals surface area contributed by atoms with Crippen LogP contribution in [0.5, 0.6) is 11.6 Å². The Morgan fingerprint density at radius 1 is 1.21 bits per heavy atom. The van der Waals surface area contributed by atoms with Gasteiger partial charge in [-0.05, 0) is 25.1 Å². The van der Waals surface area contributed by atoms with Crippen molar-refractivity contribution in [3.63, 3.8) is 0 Å². The van der Waals surface area contributed by atoms with Crippen molar-refractivity contribution in [1.29, 1.82) is 0 Å². The molecule has 1 aromatic heterocycles. The summed E-state index contributed by atoms with van der Waals surface area (Å²) in [5.74, 6) is 1.12. The molecule has 0 aliphatic carbocycles. The van der Waals surface area contributed by atoms with Crippen molar-refractivity contribution in [2.24, 2.45) is 7.05 Å². The molecule has 0 saturated carbocycles. The first-order valence-electron chi connectivity index (χ1n) is 11.1. The summed E-state index contributed by atoms with van der Waals surface area (Å²) in [7, 11) is 1.71. The van der Waals surface area contributed by atoms with E-state index in [0.717, 1.165) is 29.7 Å². The number of rotatable bonds is 12. The molecular weight excluding hydrogens is 440 g/mol. The number of aryl methyl sites for hydroxylation is 1. The van der Waals surface area contributed by atoms with Gasteiger partial charge in [0, 0.05) is 31.8 Å². The molecule has 0 bridgehead atoms. The van der Waals surface area contributed by atoms with E-state index in [0.29, 0.717) is 31.2 Å². The Kier molecular flexibility index (Phi) is 9.16. The van der Waals surface area contributed by atoms with Gasteiger partial charge in [0.2, 0.25) is 5.88 Å². The van der Waals surface area contributed by atoms with Gasteiger partial charge in [-0.1, -0.05) is 43.2 Å². The normalized spacial score (nSPS) is 12.0. The number of hydrogen-bond donors (Lipinski definition) is 1. The molecule has 8 heteroatoms. The van der Waals surface area contributed by atoms with Crippen LogP contribution in [0.1, 0.15) is 18.9 Å². The minimum atomic E-state index is -0.806. The minimum Gasteiger partial charge on any atom is -0.436 e. The Hall–Kier alpha value is -3.25. The molecule has 1 heterocycles. The van der Waals surface area contributed by atoms with E-state index in [-0.39, 0.29) is 19.0 Å². The molecule has 0 aliphatic rings. The van der Waals surface area contributed by atoms with Gasteiger partial charge in [0.25, 0.3) is 0 Å². The van der Waals surface area contributed by atoms with Crippen LogP contribution in [-0.4, -0.2) is 52.2 Å². The average Bonchev–Trinajstić information content (AvgIpc) is 3.11. The Morgan fingerprint density at radius 2 is 1.97 bits per heavy atom. The van der Waals surface area contributed by atoms with Crippen LogP contribution < -0.4 is 4.74 Å². The molecule has 0 saturated heterocycles. The number of hydrogen-bond acceptors (Lipinski definition) is 5. The number of ether oxygens (including phenoxy) is 2. The lowest BCUT2D eigenvalue weighted by molar-refractivity contribution is 0.0260. The first kappa shape index (κ1) is 25.4. The van der Waals surface area contributed by atoms with Crippen molar-refractivity contribution >= 4 is 0 Å². The Morgan fingerprint density at radius 3 is 2.65 bits per heavy atom. The van der Waals surface area contributed by atoms with Gasteiger partial charge in [0.05, 0.1) is 18.3 Å². The summed E-state index contributed by atoms with van der Waals surface area (Å²) >= 11 is 0. The van der Waals surface area contributed by atoms with Crippen molar-refractivity contribution in [2.75, 3.05) is 26.3 Å². The third kappa shape index (κ3) is 6.64. The van der Waals surface area contributed by atoms with Gasteiger partial charge in [0.15, 0.2) is 11.6 Å². The fraction of sp³-hybridized carbons (Fsp3) is 0.346. The molecule has 0 spiro atoms. The van der Waals surface area contributed by atoms with Crippen molar-refractivity contribution in [2.45, 2.75) is 26.0 Å². The van der Waals surface area contributed by atoms with E-state index in [4.69, 9.17) is 15.9 Å². The average molecular weight is 470 g/mol. The highest BCUT2D eigenvalue weighted by Gasteiger charge is 2.24. The summed E-state index contributed by atoms with van der Waals surface area (Å²) < 4.78 is 40.5. The van der Waals surface area contributed by atoms with Crippen LogP contribution in [0.4, 0.5) is 8.78 Å². The molecule has 180 valence electrons. The maximum atomic E-state index is 14.4. The molecular formula is C26H29F2N3O3. The van der Waals surface area contributed by atoms with Gasteiger partial charge in [-0.25, -0.2) is 13.5 Å². The van der Waals surface area contributed by atoms with Gasteiger partial charge in [-0.15, -0.1) is 6.42 Å². The molecule has 1 N–H and O–H groups in total. The van der Waals surface area contributed by atoms with Crippen LogP contribution in [0.2, 0.25) is 0 Å². The molecule has 3 rings (SSSR count). The number of aliphatic hydroxyl groups excluding tert-OH is 1. The Balaban J connectivity index is 1.95. The summed E-state index contributed by atoms with van der Waals surface area (Å²) in [5, 5.41) is 15.1. The van der Waals surface area contributed by atoms with Crippen LogP contribution in [0.25, 0.3) is 11.3 Å². The van der Waals surface area contributed by atoms with Crippen LogP contribution in [-0.2, 0) is 18.3 Å². The van der Waals surface area contributed by atoms with Crippen LogP contribution in [0, 0.1) is 24.0 Å². The second kappa shape index (κ2) is 12.3. The molecule has 0 unspecified atom stereocenters. The molecule has 6 nitrogen and oxygen atoms in total. The van der Waals surface area contributed by atoms with E-state index in [2.05, 4.69) is 15.9 Å². The lowest BCUT2D eigenvalue weighted by Gasteiger charge is -2.25. The zero-order chi connectivity index (χ0) is 24.5. The quantitative estimate of drug-likeness (QED) is 0.315. The minimum absolute atomic E-state index is 0.102. The number of nitrogens with zero attached hydrogens (tertiary/aromatic N) is 3. The smallest absolute Gasteiger partial charge is 0.222 e. The van der Waals surface area contributed by atoms with Gasteiger partial charge in [0.1, 0.15) is 18.1 Å². The van der Waals surface area contributed by atoms with E-state index in [1.807, 2.05) is 37.3 Å². The monoisotopic (exact) mass is 469 g/mol. The number of benzene rings is 2. The fourth-order valence-corrected chi connectivity index (χ4v) is 3.69. The summed E-state index contributed by atoms with van der Waals surface area (Å²) in [6.07, 6.45) is 5.31. The van der Waals surface area contributed by atoms with Gasteiger partial charge >= 0.3 is 0 Å². The Labute approximate surface area is 198 Å². The molecule has 1 atom stereocenters. The van der Waals surface area contributed by atoms with Crippen molar-refractivity contribution in [3.05, 3.63) is 65.7 Å². The number of terminal acetylenes is 1. The molecule has 2 aromatic carbocycles. The van der Waals surface area contributed by atoms with E-state index in [9.17, 15) is 13.9 Å². The fourth-order valence-electron chi connectivity index (χ4n) is 3.69. The largest absolute Gasteiger partial charge is 0.436 e. The lowest BCUT2D eigenvalue weighted by atomic mass is 10.1. The SMILES string of the molecule is C#CCOC[C@@H](O)CN(CCC)Cc1c(-c2ccccc2)nn(C)c1Oc1ccc(F)cc1F. The highest BCUT2D eigenvalue weighted by atomic mass is 19.1. The highest BCUT2D eigenvalue weighted by Crippen LogP contribution is 2.35. The summed E-state index contributed by atoms with van der Waals surface area (Å²) in [4.78, 5) is 2.06. The molecule has 0 fully saturated rings. The second-order valence-electron chi connectivity index (χ2n) is 7.91. The lowest BCUT2D eigenvalue weighted by Crippen LogP contribution is -2.35. The molecule has 0 amide bonds. The molecule has 0 aliphatic heterocycles. The maximum Gasteiger partial charge on any atom is 0.222 e. The third-order valence-electron chi connectivity index (χ3n) is 5.12. The molecule has 3 aromatic rings. The first-order valence-corrected chi connectivity index (χ1v) is 11.1. The first-order chi connectivity index (χ1) is 16.4. The van der Waals surface area contributed by atoms with E-state index >= 15 is 0 Å². The predicted molar refractivity (Wildman–Crippen MR) is 126 cm³/mol. The Bertz CT molecular complexity index is 1110. The number of halogens is 2. The zero-order valence-electron chi connectivity index (χ0n) is 19.4. The topological polar surface area (TPSA) is 59.8 Å². The van der Waals surface area contributed by atoms with Crippen LogP contribution in [0.15, 0.2) is 48.5 Å².